The van der Waals surface area contributed by atoms with Crippen molar-refractivity contribution in [2.75, 3.05) is 13.1 Å². The standard InChI is InChI=1S/C14H23ClN4/c1-3-19-13(14(15)10(2)17-19)9-18-7-6-11-4-5-12(8-18)16-11/h11-12,16H,3-9H2,1-2H3. The van der Waals surface area contributed by atoms with E-state index in [0.29, 0.717) is 6.04 Å². The largest absolute Gasteiger partial charge is 0.310 e. The van der Waals surface area contributed by atoms with E-state index in [1.54, 1.807) is 0 Å². The maximum Gasteiger partial charge on any atom is 0.0860 e. The summed E-state index contributed by atoms with van der Waals surface area (Å²) in [4.78, 5) is 2.53. The molecule has 19 heavy (non-hydrogen) atoms. The Balaban J connectivity index is 1.74. The van der Waals surface area contributed by atoms with Crippen LogP contribution in [0.5, 0.6) is 0 Å². The molecular weight excluding hydrogens is 260 g/mol. The van der Waals surface area contributed by atoms with E-state index in [1.165, 1.54) is 31.5 Å². The molecule has 0 saturated carbocycles. The smallest absolute Gasteiger partial charge is 0.0860 e. The molecule has 3 heterocycles. The number of aromatic nitrogens is 2. The van der Waals surface area contributed by atoms with Crippen LogP contribution >= 0.6 is 11.6 Å². The van der Waals surface area contributed by atoms with Crippen LogP contribution in [0.25, 0.3) is 0 Å². The fourth-order valence-electron chi connectivity index (χ4n) is 3.39. The van der Waals surface area contributed by atoms with E-state index < -0.39 is 0 Å². The molecule has 0 radical (unpaired) electrons. The lowest BCUT2D eigenvalue weighted by Gasteiger charge is -2.24. The molecule has 2 bridgehead atoms. The molecule has 2 aliphatic rings. The van der Waals surface area contributed by atoms with Gasteiger partial charge < -0.3 is 5.32 Å². The van der Waals surface area contributed by atoms with Crippen LogP contribution in [0.1, 0.15) is 37.6 Å². The third-order valence-corrected chi connectivity index (χ3v) is 4.93. The fraction of sp³-hybridized carbons (Fsp3) is 0.786. The Hall–Kier alpha value is -0.580. The van der Waals surface area contributed by atoms with Gasteiger partial charge >= 0.3 is 0 Å². The molecule has 1 aromatic rings. The molecule has 1 aromatic heterocycles. The highest BCUT2D eigenvalue weighted by Gasteiger charge is 2.29. The highest BCUT2D eigenvalue weighted by atomic mass is 35.5. The van der Waals surface area contributed by atoms with Crippen molar-refractivity contribution in [1.82, 2.24) is 20.0 Å². The number of nitrogens with zero attached hydrogens (tertiary/aromatic N) is 3. The number of hydrogen-bond acceptors (Lipinski definition) is 3. The summed E-state index contributed by atoms with van der Waals surface area (Å²) in [6.07, 6.45) is 3.93. The lowest BCUT2D eigenvalue weighted by atomic mass is 10.1. The van der Waals surface area contributed by atoms with Gasteiger partial charge in [-0.15, -0.1) is 0 Å². The van der Waals surface area contributed by atoms with E-state index in [4.69, 9.17) is 11.6 Å². The Morgan fingerprint density at radius 3 is 2.89 bits per heavy atom. The van der Waals surface area contributed by atoms with E-state index in [1.807, 2.05) is 11.6 Å². The van der Waals surface area contributed by atoms with Crippen molar-refractivity contribution in [2.45, 2.75) is 58.3 Å². The summed E-state index contributed by atoms with van der Waals surface area (Å²) in [5, 5.41) is 9.08. The maximum atomic E-state index is 6.41. The van der Waals surface area contributed by atoms with Gasteiger partial charge in [-0.25, -0.2) is 0 Å². The predicted octanol–water partition coefficient (Wildman–Crippen LogP) is 2.19. The SMILES string of the molecule is CCn1nc(C)c(Cl)c1CN1CCC2CCC(C1)N2. The van der Waals surface area contributed by atoms with Crippen LogP contribution in [0.15, 0.2) is 0 Å². The minimum atomic E-state index is 0.672. The second-order valence-corrected chi connectivity index (χ2v) is 6.20. The molecular formula is C14H23ClN4. The first-order valence-corrected chi connectivity index (χ1v) is 7.75. The van der Waals surface area contributed by atoms with Gasteiger partial charge in [0.1, 0.15) is 0 Å². The quantitative estimate of drug-likeness (QED) is 0.923. The number of rotatable bonds is 3. The zero-order valence-corrected chi connectivity index (χ0v) is 12.6. The molecule has 2 fully saturated rings. The second-order valence-electron chi connectivity index (χ2n) is 5.82. The highest BCUT2D eigenvalue weighted by Crippen LogP contribution is 2.25. The Kier molecular flexibility index (Phi) is 3.83. The van der Waals surface area contributed by atoms with Crippen molar-refractivity contribution < 1.29 is 0 Å². The topological polar surface area (TPSA) is 33.1 Å². The van der Waals surface area contributed by atoms with Gasteiger partial charge in [-0.1, -0.05) is 11.6 Å². The molecule has 0 spiro atoms. The van der Waals surface area contributed by atoms with E-state index in [0.717, 1.165) is 36.4 Å². The zero-order chi connectivity index (χ0) is 13.4. The van der Waals surface area contributed by atoms with Crippen LogP contribution in [0, 0.1) is 6.92 Å². The van der Waals surface area contributed by atoms with E-state index in [9.17, 15) is 0 Å². The van der Waals surface area contributed by atoms with E-state index in [-0.39, 0.29) is 0 Å². The molecule has 0 aromatic carbocycles. The van der Waals surface area contributed by atoms with Gasteiger partial charge in [0, 0.05) is 38.3 Å². The minimum absolute atomic E-state index is 0.672. The first-order valence-electron chi connectivity index (χ1n) is 7.37. The van der Waals surface area contributed by atoms with Crippen LogP contribution in [0.3, 0.4) is 0 Å². The summed E-state index contributed by atoms with van der Waals surface area (Å²) in [7, 11) is 0. The molecule has 0 aliphatic carbocycles. The number of fused-ring (bicyclic) bond motifs is 2. The van der Waals surface area contributed by atoms with Gasteiger partial charge in [0.05, 0.1) is 16.4 Å². The molecule has 2 unspecified atom stereocenters. The van der Waals surface area contributed by atoms with Crippen molar-refractivity contribution in [3.8, 4) is 0 Å². The van der Waals surface area contributed by atoms with Crippen LogP contribution in [0.4, 0.5) is 0 Å². The van der Waals surface area contributed by atoms with Crippen molar-refractivity contribution >= 4 is 11.6 Å². The first kappa shape index (κ1) is 13.4. The van der Waals surface area contributed by atoms with Crippen LogP contribution in [-0.2, 0) is 13.1 Å². The third-order valence-electron chi connectivity index (χ3n) is 4.43. The molecule has 106 valence electrons. The number of hydrogen-bond donors (Lipinski definition) is 1. The monoisotopic (exact) mass is 282 g/mol. The van der Waals surface area contributed by atoms with Crippen LogP contribution < -0.4 is 5.32 Å². The maximum absolute atomic E-state index is 6.41. The summed E-state index contributed by atoms with van der Waals surface area (Å²) in [5.41, 5.74) is 2.13. The summed E-state index contributed by atoms with van der Waals surface area (Å²) in [6, 6.07) is 1.41. The molecule has 3 rings (SSSR count). The lowest BCUT2D eigenvalue weighted by molar-refractivity contribution is 0.244. The average molecular weight is 283 g/mol. The third kappa shape index (κ3) is 2.67. The van der Waals surface area contributed by atoms with Gasteiger partial charge in [0.15, 0.2) is 0 Å². The molecule has 4 nitrogen and oxygen atoms in total. The summed E-state index contributed by atoms with van der Waals surface area (Å²) in [6.45, 7) is 8.24. The number of aryl methyl sites for hydroxylation is 2. The molecule has 2 saturated heterocycles. The second kappa shape index (κ2) is 5.43. The van der Waals surface area contributed by atoms with Gasteiger partial charge in [-0.3, -0.25) is 9.58 Å². The molecule has 1 N–H and O–H groups in total. The normalized spacial score (nSPS) is 27.7. The summed E-state index contributed by atoms with van der Waals surface area (Å²) in [5.74, 6) is 0. The lowest BCUT2D eigenvalue weighted by Crippen LogP contribution is -2.35. The van der Waals surface area contributed by atoms with Gasteiger partial charge in [0.2, 0.25) is 0 Å². The molecule has 2 aliphatic heterocycles. The van der Waals surface area contributed by atoms with Crippen molar-refractivity contribution in [3.63, 3.8) is 0 Å². The van der Waals surface area contributed by atoms with Crippen molar-refractivity contribution in [1.29, 1.82) is 0 Å². The Morgan fingerprint density at radius 1 is 1.32 bits per heavy atom. The number of likely N-dealkylation sites (tertiary alicyclic amines) is 1. The van der Waals surface area contributed by atoms with E-state index >= 15 is 0 Å². The summed E-state index contributed by atoms with van der Waals surface area (Å²) < 4.78 is 2.05. The summed E-state index contributed by atoms with van der Waals surface area (Å²) >= 11 is 6.41. The van der Waals surface area contributed by atoms with Gasteiger partial charge in [-0.05, 0) is 33.1 Å². The Labute approximate surface area is 120 Å². The minimum Gasteiger partial charge on any atom is -0.310 e. The number of halogens is 1. The van der Waals surface area contributed by atoms with Crippen LogP contribution in [0.2, 0.25) is 5.02 Å². The van der Waals surface area contributed by atoms with E-state index in [2.05, 4.69) is 22.2 Å². The van der Waals surface area contributed by atoms with Crippen molar-refractivity contribution in [3.05, 3.63) is 16.4 Å². The van der Waals surface area contributed by atoms with Gasteiger partial charge in [-0.2, -0.15) is 5.10 Å². The first-order chi connectivity index (χ1) is 9.17. The Morgan fingerprint density at radius 2 is 2.11 bits per heavy atom. The van der Waals surface area contributed by atoms with Gasteiger partial charge in [0.25, 0.3) is 0 Å². The average Bonchev–Trinajstić information content (AvgIpc) is 2.86. The molecule has 5 heteroatoms. The van der Waals surface area contributed by atoms with Crippen LogP contribution in [-0.4, -0.2) is 39.9 Å². The highest BCUT2D eigenvalue weighted by molar-refractivity contribution is 6.31. The number of nitrogens with one attached hydrogen (secondary N) is 1. The predicted molar refractivity (Wildman–Crippen MR) is 77.5 cm³/mol. The zero-order valence-electron chi connectivity index (χ0n) is 11.8. The molecule has 0 amide bonds. The fourth-order valence-corrected chi connectivity index (χ4v) is 3.59. The van der Waals surface area contributed by atoms with Crippen molar-refractivity contribution in [2.24, 2.45) is 0 Å². The Bertz CT molecular complexity index is 457. The molecule has 2 atom stereocenters.